The lowest BCUT2D eigenvalue weighted by atomic mass is 10.0. The molecule has 2 aromatic rings. The number of carbonyl (C=O) groups is 1. The lowest BCUT2D eigenvalue weighted by molar-refractivity contribution is 0.0955. The Bertz CT molecular complexity index is 612. The predicted octanol–water partition coefficient (Wildman–Crippen LogP) is 3.94. The Morgan fingerprint density at radius 1 is 1.25 bits per heavy atom. The molecule has 1 aromatic heterocycles. The molecule has 1 heterocycles. The monoisotopic (exact) mass is 286 g/mol. The minimum absolute atomic E-state index is 0.189. The Hall–Kier alpha value is -1.94. The van der Waals surface area contributed by atoms with Crippen molar-refractivity contribution < 1.29 is 4.79 Å². The number of nitrogens with one attached hydrogen (secondary N) is 1. The Morgan fingerprint density at radius 3 is 2.50 bits per heavy atom. The summed E-state index contributed by atoms with van der Waals surface area (Å²) in [7, 11) is 0. The van der Waals surface area contributed by atoms with Gasteiger partial charge in [-0.15, -0.1) is 11.3 Å². The fourth-order valence-corrected chi connectivity index (χ4v) is 2.54. The first-order valence-corrected chi connectivity index (χ1v) is 7.43. The highest BCUT2D eigenvalue weighted by molar-refractivity contribution is 7.11. The Labute approximate surface area is 123 Å². The molecule has 1 amide bonds. The van der Waals surface area contributed by atoms with Crippen LogP contribution in [0.2, 0.25) is 0 Å². The van der Waals surface area contributed by atoms with Gasteiger partial charge in [-0.3, -0.25) is 4.79 Å². The number of hydrazone groups is 1. The summed E-state index contributed by atoms with van der Waals surface area (Å²) in [5, 5.41) is 6.00. The van der Waals surface area contributed by atoms with Crippen molar-refractivity contribution >= 4 is 23.5 Å². The maximum atomic E-state index is 11.9. The largest absolute Gasteiger partial charge is 0.271 e. The first kappa shape index (κ1) is 14.5. The molecule has 1 N–H and O–H groups in total. The van der Waals surface area contributed by atoms with Crippen LogP contribution in [0, 0.1) is 6.92 Å². The van der Waals surface area contributed by atoms with Crippen molar-refractivity contribution in [3.63, 3.8) is 0 Å². The summed E-state index contributed by atoms with van der Waals surface area (Å²) in [5.74, 6) is 0.276. The maximum absolute atomic E-state index is 11.9. The van der Waals surface area contributed by atoms with Crippen LogP contribution < -0.4 is 5.43 Å². The molecular weight excluding hydrogens is 268 g/mol. The van der Waals surface area contributed by atoms with Crippen LogP contribution in [0.25, 0.3) is 0 Å². The zero-order valence-electron chi connectivity index (χ0n) is 11.9. The molecule has 2 rings (SSSR count). The minimum atomic E-state index is -0.189. The second-order valence-electron chi connectivity index (χ2n) is 4.94. The Balaban J connectivity index is 1.98. The molecule has 3 nitrogen and oxygen atoms in total. The minimum Gasteiger partial charge on any atom is -0.267 e. The second-order valence-corrected chi connectivity index (χ2v) is 5.89. The first-order valence-electron chi connectivity index (χ1n) is 6.55. The van der Waals surface area contributed by atoms with Gasteiger partial charge in [0.15, 0.2) is 0 Å². The SMILES string of the molecule is Cc1ccsc1/C=N\NC(=O)c1ccc(C(C)C)cc1. The number of carbonyl (C=O) groups excluding carboxylic acids is 1. The Kier molecular flexibility index (Phi) is 4.69. The molecular formula is C16H18N2OS. The highest BCUT2D eigenvalue weighted by Crippen LogP contribution is 2.15. The van der Waals surface area contributed by atoms with Crippen molar-refractivity contribution in [3.05, 3.63) is 57.3 Å². The molecule has 0 unspecified atom stereocenters. The van der Waals surface area contributed by atoms with Crippen molar-refractivity contribution in [2.45, 2.75) is 26.7 Å². The van der Waals surface area contributed by atoms with Gasteiger partial charge in [0, 0.05) is 10.4 Å². The van der Waals surface area contributed by atoms with E-state index < -0.39 is 0 Å². The third-order valence-electron chi connectivity index (χ3n) is 3.09. The van der Waals surface area contributed by atoms with Crippen LogP contribution in [0.4, 0.5) is 0 Å². The normalized spacial score (nSPS) is 11.2. The molecule has 1 aromatic carbocycles. The fourth-order valence-electron chi connectivity index (χ4n) is 1.75. The second kappa shape index (κ2) is 6.48. The Morgan fingerprint density at radius 2 is 1.95 bits per heavy atom. The summed E-state index contributed by atoms with van der Waals surface area (Å²) in [5.41, 5.74) is 5.55. The van der Waals surface area contributed by atoms with Gasteiger partial charge in [0.25, 0.3) is 5.91 Å². The van der Waals surface area contributed by atoms with Crippen molar-refractivity contribution in [2.75, 3.05) is 0 Å². The van der Waals surface area contributed by atoms with E-state index in [0.717, 1.165) is 10.4 Å². The maximum Gasteiger partial charge on any atom is 0.271 e. The molecule has 0 bridgehead atoms. The lowest BCUT2D eigenvalue weighted by Gasteiger charge is -2.05. The average Bonchev–Trinajstić information content (AvgIpc) is 2.84. The van der Waals surface area contributed by atoms with Crippen LogP contribution in [0.5, 0.6) is 0 Å². The number of benzene rings is 1. The van der Waals surface area contributed by atoms with Gasteiger partial charge in [-0.2, -0.15) is 5.10 Å². The average molecular weight is 286 g/mol. The third kappa shape index (κ3) is 3.54. The first-order chi connectivity index (χ1) is 9.58. The summed E-state index contributed by atoms with van der Waals surface area (Å²) >= 11 is 1.60. The van der Waals surface area contributed by atoms with Crippen molar-refractivity contribution in [1.82, 2.24) is 5.43 Å². The summed E-state index contributed by atoms with van der Waals surface area (Å²) in [6.07, 6.45) is 1.68. The number of nitrogens with zero attached hydrogens (tertiary/aromatic N) is 1. The zero-order valence-corrected chi connectivity index (χ0v) is 12.7. The van der Waals surface area contributed by atoms with E-state index in [-0.39, 0.29) is 5.91 Å². The quantitative estimate of drug-likeness (QED) is 0.671. The van der Waals surface area contributed by atoms with Crippen LogP contribution >= 0.6 is 11.3 Å². The van der Waals surface area contributed by atoms with E-state index in [1.807, 2.05) is 42.6 Å². The smallest absolute Gasteiger partial charge is 0.267 e. The molecule has 0 atom stereocenters. The molecule has 0 aliphatic carbocycles. The summed E-state index contributed by atoms with van der Waals surface area (Å²) in [6, 6.07) is 9.64. The van der Waals surface area contributed by atoms with Gasteiger partial charge in [-0.1, -0.05) is 26.0 Å². The molecule has 0 saturated heterocycles. The molecule has 0 saturated carbocycles. The van der Waals surface area contributed by atoms with Crippen molar-refractivity contribution in [3.8, 4) is 0 Å². The highest BCUT2D eigenvalue weighted by atomic mass is 32.1. The van der Waals surface area contributed by atoms with E-state index >= 15 is 0 Å². The van der Waals surface area contributed by atoms with Gasteiger partial charge in [0.2, 0.25) is 0 Å². The van der Waals surface area contributed by atoms with Crippen LogP contribution in [0.15, 0.2) is 40.8 Å². The molecule has 20 heavy (non-hydrogen) atoms. The number of hydrogen-bond acceptors (Lipinski definition) is 3. The van der Waals surface area contributed by atoms with Crippen LogP contribution in [0.1, 0.15) is 46.1 Å². The molecule has 0 fully saturated rings. The van der Waals surface area contributed by atoms with E-state index in [9.17, 15) is 4.79 Å². The lowest BCUT2D eigenvalue weighted by Crippen LogP contribution is -2.17. The van der Waals surface area contributed by atoms with E-state index in [1.165, 1.54) is 5.56 Å². The molecule has 0 radical (unpaired) electrons. The van der Waals surface area contributed by atoms with E-state index in [2.05, 4.69) is 24.4 Å². The zero-order chi connectivity index (χ0) is 14.5. The van der Waals surface area contributed by atoms with Gasteiger partial charge < -0.3 is 0 Å². The van der Waals surface area contributed by atoms with Gasteiger partial charge in [0.1, 0.15) is 0 Å². The number of aryl methyl sites for hydroxylation is 1. The van der Waals surface area contributed by atoms with Crippen LogP contribution in [-0.4, -0.2) is 12.1 Å². The molecule has 4 heteroatoms. The topological polar surface area (TPSA) is 41.5 Å². The standard InChI is InChI=1S/C16H18N2OS/c1-11(2)13-4-6-14(7-5-13)16(19)18-17-10-15-12(3)8-9-20-15/h4-11H,1-3H3,(H,18,19)/b17-10-. The third-order valence-corrected chi connectivity index (χ3v) is 4.04. The van der Waals surface area contributed by atoms with Crippen LogP contribution in [-0.2, 0) is 0 Å². The molecule has 0 spiro atoms. The highest BCUT2D eigenvalue weighted by Gasteiger charge is 2.05. The summed E-state index contributed by atoms with van der Waals surface area (Å²) in [6.45, 7) is 6.27. The van der Waals surface area contributed by atoms with E-state index in [0.29, 0.717) is 11.5 Å². The van der Waals surface area contributed by atoms with Gasteiger partial charge in [0.05, 0.1) is 6.21 Å². The number of amides is 1. The van der Waals surface area contributed by atoms with Crippen molar-refractivity contribution in [1.29, 1.82) is 0 Å². The van der Waals surface area contributed by atoms with E-state index in [1.54, 1.807) is 17.6 Å². The summed E-state index contributed by atoms with van der Waals surface area (Å²) in [4.78, 5) is 13.0. The molecule has 104 valence electrons. The van der Waals surface area contributed by atoms with Crippen LogP contribution in [0.3, 0.4) is 0 Å². The van der Waals surface area contributed by atoms with Gasteiger partial charge in [-0.05, 0) is 47.5 Å². The van der Waals surface area contributed by atoms with Gasteiger partial charge in [-0.25, -0.2) is 5.43 Å². The molecule has 0 aliphatic heterocycles. The summed E-state index contributed by atoms with van der Waals surface area (Å²) < 4.78 is 0. The fraction of sp³-hybridized carbons (Fsp3) is 0.250. The van der Waals surface area contributed by atoms with Crippen molar-refractivity contribution in [2.24, 2.45) is 5.10 Å². The number of hydrogen-bond donors (Lipinski definition) is 1. The predicted molar refractivity (Wildman–Crippen MR) is 84.6 cm³/mol. The number of thiophene rings is 1. The van der Waals surface area contributed by atoms with Gasteiger partial charge >= 0.3 is 0 Å². The number of rotatable bonds is 4. The molecule has 0 aliphatic rings. The van der Waals surface area contributed by atoms with E-state index in [4.69, 9.17) is 0 Å².